The summed E-state index contributed by atoms with van der Waals surface area (Å²) in [4.78, 5) is -0.0436. The topological polar surface area (TPSA) is 46.2 Å². The predicted octanol–water partition coefficient (Wildman–Crippen LogP) is 5.54. The van der Waals surface area contributed by atoms with E-state index in [0.717, 1.165) is 12.1 Å². The molecule has 0 aliphatic rings. The van der Waals surface area contributed by atoms with Gasteiger partial charge in [-0.2, -0.15) is 13.2 Å². The van der Waals surface area contributed by atoms with Gasteiger partial charge >= 0.3 is 6.18 Å². The summed E-state index contributed by atoms with van der Waals surface area (Å²) in [5.74, 6) is 0. The van der Waals surface area contributed by atoms with E-state index in [4.69, 9.17) is 11.6 Å². The second-order valence-electron chi connectivity index (χ2n) is 5.20. The molecule has 0 saturated carbocycles. The Balaban J connectivity index is 2.47. The number of aryl methyl sites for hydroxylation is 2. The van der Waals surface area contributed by atoms with Gasteiger partial charge in [0.1, 0.15) is 0 Å². The smallest absolute Gasteiger partial charge is 0.280 e. The van der Waals surface area contributed by atoms with Crippen molar-refractivity contribution in [1.29, 1.82) is 0 Å². The number of rotatable bonds is 3. The summed E-state index contributed by atoms with van der Waals surface area (Å²) in [6.45, 7) is 3.20. The minimum Gasteiger partial charge on any atom is -0.280 e. The highest BCUT2D eigenvalue weighted by atomic mass is 79.9. The van der Waals surface area contributed by atoms with Gasteiger partial charge in [0.15, 0.2) is 0 Å². The monoisotopic (exact) mass is 441 g/mol. The van der Waals surface area contributed by atoms with E-state index in [1.807, 2.05) is 0 Å². The summed E-state index contributed by atoms with van der Waals surface area (Å²) >= 11 is 8.89. The molecule has 2 aromatic rings. The van der Waals surface area contributed by atoms with Gasteiger partial charge in [-0.15, -0.1) is 0 Å². The van der Waals surface area contributed by atoms with Gasteiger partial charge in [0.2, 0.25) is 0 Å². The summed E-state index contributed by atoms with van der Waals surface area (Å²) in [6, 6.07) is 5.73. The Labute approximate surface area is 151 Å². The van der Waals surface area contributed by atoms with Crippen LogP contribution in [0.3, 0.4) is 0 Å². The van der Waals surface area contributed by atoms with Crippen LogP contribution in [-0.4, -0.2) is 8.42 Å². The lowest BCUT2D eigenvalue weighted by Crippen LogP contribution is -2.15. The molecule has 0 unspecified atom stereocenters. The molecule has 9 heteroatoms. The van der Waals surface area contributed by atoms with Gasteiger partial charge in [0, 0.05) is 9.50 Å². The SMILES string of the molecule is Cc1cc(S(=O)(=O)Nc2cc(Br)cc(C(F)(F)F)c2)c(C)cc1Cl. The molecule has 0 amide bonds. The van der Waals surface area contributed by atoms with Crippen LogP contribution >= 0.6 is 27.5 Å². The van der Waals surface area contributed by atoms with E-state index in [0.29, 0.717) is 16.1 Å². The van der Waals surface area contributed by atoms with Gasteiger partial charge in [0.05, 0.1) is 16.1 Å². The molecule has 0 atom stereocenters. The predicted molar refractivity (Wildman–Crippen MR) is 90.9 cm³/mol. The quantitative estimate of drug-likeness (QED) is 0.678. The van der Waals surface area contributed by atoms with E-state index >= 15 is 0 Å². The Morgan fingerprint density at radius 2 is 1.67 bits per heavy atom. The van der Waals surface area contributed by atoms with Crippen LogP contribution in [0.5, 0.6) is 0 Å². The molecule has 0 heterocycles. The van der Waals surface area contributed by atoms with Gasteiger partial charge in [-0.25, -0.2) is 8.42 Å². The number of hydrogen-bond acceptors (Lipinski definition) is 2. The van der Waals surface area contributed by atoms with Crippen LogP contribution < -0.4 is 4.72 Å². The average molecular weight is 443 g/mol. The van der Waals surface area contributed by atoms with Crippen LogP contribution in [0.1, 0.15) is 16.7 Å². The molecule has 2 aromatic carbocycles. The number of alkyl halides is 3. The van der Waals surface area contributed by atoms with Crippen molar-refractivity contribution in [3.8, 4) is 0 Å². The van der Waals surface area contributed by atoms with Gasteiger partial charge in [-0.1, -0.05) is 27.5 Å². The van der Waals surface area contributed by atoms with Gasteiger partial charge < -0.3 is 0 Å². The second-order valence-corrected chi connectivity index (χ2v) is 8.17. The molecule has 0 fully saturated rings. The molecule has 1 N–H and O–H groups in total. The highest BCUT2D eigenvalue weighted by Gasteiger charge is 2.31. The van der Waals surface area contributed by atoms with Crippen molar-refractivity contribution in [2.45, 2.75) is 24.9 Å². The maximum Gasteiger partial charge on any atom is 0.416 e. The standard InChI is InChI=1S/C15H12BrClF3NO2S/c1-8-4-14(9(2)3-13(8)17)24(22,23)21-12-6-10(15(18,19)20)5-11(16)7-12/h3-7,21H,1-2H3. The number of benzene rings is 2. The fourth-order valence-corrected chi connectivity index (χ4v) is 4.13. The van der Waals surface area contributed by atoms with E-state index in [1.165, 1.54) is 18.2 Å². The van der Waals surface area contributed by atoms with E-state index in [1.54, 1.807) is 13.8 Å². The maximum atomic E-state index is 12.9. The van der Waals surface area contributed by atoms with E-state index in [-0.39, 0.29) is 15.1 Å². The summed E-state index contributed by atoms with van der Waals surface area (Å²) in [6.07, 6.45) is -4.59. The summed E-state index contributed by atoms with van der Waals surface area (Å²) in [5, 5.41) is 0.410. The molecule has 130 valence electrons. The Morgan fingerprint density at radius 1 is 1.04 bits per heavy atom. The van der Waals surface area contributed by atoms with Crippen LogP contribution in [-0.2, 0) is 16.2 Å². The third-order valence-electron chi connectivity index (χ3n) is 3.22. The lowest BCUT2D eigenvalue weighted by molar-refractivity contribution is -0.137. The van der Waals surface area contributed by atoms with E-state index in [2.05, 4.69) is 20.7 Å². The van der Waals surface area contributed by atoms with Crippen LogP contribution in [0.2, 0.25) is 5.02 Å². The van der Waals surface area contributed by atoms with E-state index < -0.39 is 21.8 Å². The Kier molecular flexibility index (Phi) is 5.22. The first-order valence-corrected chi connectivity index (χ1v) is 9.23. The van der Waals surface area contributed by atoms with Gasteiger partial charge in [-0.3, -0.25) is 4.72 Å². The zero-order valence-corrected chi connectivity index (χ0v) is 15.7. The molecule has 3 nitrogen and oxygen atoms in total. The van der Waals surface area contributed by atoms with Crippen molar-refractivity contribution in [3.63, 3.8) is 0 Å². The number of nitrogens with one attached hydrogen (secondary N) is 1. The molecule has 0 spiro atoms. The van der Waals surface area contributed by atoms with E-state index in [9.17, 15) is 21.6 Å². The first kappa shape index (κ1) is 19.1. The first-order chi connectivity index (χ1) is 10.9. The van der Waals surface area contributed by atoms with Crippen LogP contribution in [0.4, 0.5) is 18.9 Å². The van der Waals surface area contributed by atoms with Crippen LogP contribution in [0.15, 0.2) is 39.7 Å². The number of hydrogen-bond donors (Lipinski definition) is 1. The molecule has 0 saturated heterocycles. The maximum absolute atomic E-state index is 12.9. The van der Waals surface area contributed by atoms with Crippen molar-refractivity contribution < 1.29 is 21.6 Å². The number of halogens is 5. The second kappa shape index (κ2) is 6.57. The molecular formula is C15H12BrClF3NO2S. The third kappa shape index (κ3) is 4.23. The Morgan fingerprint density at radius 3 is 2.25 bits per heavy atom. The van der Waals surface area contributed by atoms with Gasteiger partial charge in [-0.05, 0) is 55.3 Å². The largest absolute Gasteiger partial charge is 0.416 e. The fourth-order valence-electron chi connectivity index (χ4n) is 2.07. The molecule has 0 radical (unpaired) electrons. The van der Waals surface area contributed by atoms with Crippen molar-refractivity contribution in [2.75, 3.05) is 4.72 Å². The zero-order chi connectivity index (χ0) is 18.3. The van der Waals surface area contributed by atoms with Gasteiger partial charge in [0.25, 0.3) is 10.0 Å². The highest BCUT2D eigenvalue weighted by molar-refractivity contribution is 9.10. The number of anilines is 1. The van der Waals surface area contributed by atoms with Crippen molar-refractivity contribution in [1.82, 2.24) is 0 Å². The lowest BCUT2D eigenvalue weighted by Gasteiger charge is -2.14. The Hall–Kier alpha value is -1.25. The molecule has 2 rings (SSSR count). The fraction of sp³-hybridized carbons (Fsp3) is 0.200. The third-order valence-corrected chi connectivity index (χ3v) is 5.61. The molecule has 0 aliphatic heterocycles. The van der Waals surface area contributed by atoms with Crippen LogP contribution in [0.25, 0.3) is 0 Å². The minimum atomic E-state index is -4.59. The molecule has 24 heavy (non-hydrogen) atoms. The molecular weight excluding hydrogens is 431 g/mol. The normalized spacial score (nSPS) is 12.3. The zero-order valence-electron chi connectivity index (χ0n) is 12.5. The summed E-state index contributed by atoms with van der Waals surface area (Å²) < 4.78 is 65.9. The van der Waals surface area contributed by atoms with Crippen LogP contribution in [0, 0.1) is 13.8 Å². The molecule has 0 aliphatic carbocycles. The first-order valence-electron chi connectivity index (χ1n) is 6.57. The highest BCUT2D eigenvalue weighted by Crippen LogP contribution is 2.34. The Bertz CT molecular complexity index is 898. The van der Waals surface area contributed by atoms with Crippen molar-refractivity contribution in [2.24, 2.45) is 0 Å². The molecule has 0 aromatic heterocycles. The summed E-state index contributed by atoms with van der Waals surface area (Å²) in [5.41, 5.74) is -0.209. The number of sulfonamides is 1. The molecule has 0 bridgehead atoms. The minimum absolute atomic E-state index is 0.0436. The van der Waals surface area contributed by atoms with Crippen molar-refractivity contribution >= 4 is 43.2 Å². The summed E-state index contributed by atoms with van der Waals surface area (Å²) in [7, 11) is -4.06. The van der Waals surface area contributed by atoms with Crippen molar-refractivity contribution in [3.05, 3.63) is 56.5 Å². The lowest BCUT2D eigenvalue weighted by atomic mass is 10.2. The average Bonchev–Trinajstić information content (AvgIpc) is 2.40.